The Morgan fingerprint density at radius 1 is 1.15 bits per heavy atom. The first kappa shape index (κ1) is 27.8. The average molecular weight is 556 g/mol. The smallest absolute Gasteiger partial charge is 0.369 e. The second kappa shape index (κ2) is 9.40. The lowest BCUT2D eigenvalue weighted by atomic mass is 9.67. The fraction of sp³-hybridized carbons (Fsp3) is 0.704. The number of imidazole rings is 1. The first-order valence-corrected chi connectivity index (χ1v) is 13.5. The van der Waals surface area contributed by atoms with Crippen LogP contribution in [0.2, 0.25) is 0 Å². The molecule has 0 bridgehead atoms. The average Bonchev–Trinajstić information content (AvgIpc) is 3.72. The zero-order valence-electron chi connectivity index (χ0n) is 22.0. The van der Waals surface area contributed by atoms with Crippen LogP contribution in [0.3, 0.4) is 0 Å². The van der Waals surface area contributed by atoms with E-state index in [2.05, 4.69) is 10.4 Å². The Morgan fingerprint density at radius 2 is 1.79 bits per heavy atom. The highest BCUT2D eigenvalue weighted by Gasteiger charge is 2.71. The molecule has 3 aliphatic rings. The van der Waals surface area contributed by atoms with E-state index in [1.165, 1.54) is 0 Å². The molecule has 0 aliphatic heterocycles. The fourth-order valence-corrected chi connectivity index (χ4v) is 6.68. The van der Waals surface area contributed by atoms with Gasteiger partial charge in [-0.2, -0.15) is 18.3 Å². The number of carbonyl (C=O) groups is 2. The van der Waals surface area contributed by atoms with E-state index in [1.54, 1.807) is 23.0 Å². The van der Waals surface area contributed by atoms with Crippen molar-refractivity contribution in [1.82, 2.24) is 19.9 Å². The summed E-state index contributed by atoms with van der Waals surface area (Å²) in [7, 11) is 0. The lowest BCUT2D eigenvalue weighted by Gasteiger charge is -2.37. The fourth-order valence-electron chi connectivity index (χ4n) is 6.68. The zero-order chi connectivity index (χ0) is 28.4. The predicted octanol–water partition coefficient (Wildman–Crippen LogP) is 5.45. The van der Waals surface area contributed by atoms with Crippen LogP contribution in [0.4, 0.5) is 22.0 Å². The number of hydrogen-bond donors (Lipinski definition) is 2. The van der Waals surface area contributed by atoms with Crippen molar-refractivity contribution >= 4 is 17.5 Å². The SMILES string of the molecule is CC1(C)CC1(C(N)=O)[C@@H](c1cn2ncc([C@H](NC(=O)CCC(F)(F)F)C3CC3)cc2n1)C1CCC(F)(F)CC1. The van der Waals surface area contributed by atoms with Crippen LogP contribution in [-0.4, -0.2) is 38.5 Å². The van der Waals surface area contributed by atoms with Crippen LogP contribution in [0.5, 0.6) is 0 Å². The number of hydrogen-bond acceptors (Lipinski definition) is 4. The molecule has 39 heavy (non-hydrogen) atoms. The molecule has 2 aromatic heterocycles. The summed E-state index contributed by atoms with van der Waals surface area (Å²) < 4.78 is 67.3. The number of rotatable bonds is 9. The molecule has 2 heterocycles. The van der Waals surface area contributed by atoms with E-state index in [9.17, 15) is 31.5 Å². The van der Waals surface area contributed by atoms with Gasteiger partial charge in [0.25, 0.3) is 0 Å². The summed E-state index contributed by atoms with van der Waals surface area (Å²) in [4.78, 5) is 29.9. The minimum absolute atomic E-state index is 0.0977. The van der Waals surface area contributed by atoms with Crippen LogP contribution in [0.15, 0.2) is 18.5 Å². The van der Waals surface area contributed by atoms with Gasteiger partial charge in [-0.25, -0.2) is 18.3 Å². The quantitative estimate of drug-likeness (QED) is 0.402. The molecule has 1 unspecified atom stereocenters. The molecule has 3 N–H and O–H groups in total. The Hall–Kier alpha value is -2.79. The standard InChI is InChI=1S/C27H34F5N5O2/c1-24(2)14-26(24,23(33)39)21(15-5-8-25(28,29)9-6-15)18-13-37-19(35-18)11-17(12-34-37)22(16-3-4-16)36-20(38)7-10-27(30,31)32/h11-13,15-16,21-22H,3-10,14H2,1-2H3,(H2,33,39)(H,36,38)/t21-,22-,26?/m1/s1. The van der Waals surface area contributed by atoms with Crippen LogP contribution in [-0.2, 0) is 9.59 Å². The molecule has 0 saturated heterocycles. The van der Waals surface area contributed by atoms with Crippen LogP contribution in [0.1, 0.15) is 94.9 Å². The monoisotopic (exact) mass is 555 g/mol. The van der Waals surface area contributed by atoms with Gasteiger partial charge in [-0.05, 0) is 61.0 Å². The van der Waals surface area contributed by atoms with Gasteiger partial charge < -0.3 is 11.1 Å². The molecule has 0 spiro atoms. The molecule has 2 amide bonds. The van der Waals surface area contributed by atoms with Gasteiger partial charge in [0.15, 0.2) is 5.65 Å². The third kappa shape index (κ3) is 5.48. The van der Waals surface area contributed by atoms with Crippen molar-refractivity contribution in [3.63, 3.8) is 0 Å². The summed E-state index contributed by atoms with van der Waals surface area (Å²) in [5.41, 5.74) is 6.28. The largest absolute Gasteiger partial charge is 0.389 e. The number of nitrogens with zero attached hydrogens (tertiary/aromatic N) is 3. The lowest BCUT2D eigenvalue weighted by molar-refractivity contribution is -0.144. The van der Waals surface area contributed by atoms with E-state index in [-0.39, 0.29) is 37.5 Å². The van der Waals surface area contributed by atoms with Gasteiger partial charge in [0, 0.05) is 25.2 Å². The Morgan fingerprint density at radius 3 is 2.33 bits per heavy atom. The summed E-state index contributed by atoms with van der Waals surface area (Å²) in [5.74, 6) is -4.42. The van der Waals surface area contributed by atoms with Gasteiger partial charge in [-0.15, -0.1) is 0 Å². The molecule has 0 aromatic carbocycles. The summed E-state index contributed by atoms with van der Waals surface area (Å²) in [5, 5.41) is 7.18. The maximum absolute atomic E-state index is 14.0. The van der Waals surface area contributed by atoms with Crippen molar-refractivity contribution < 1.29 is 31.5 Å². The molecule has 0 radical (unpaired) electrons. The number of primary amides is 1. The van der Waals surface area contributed by atoms with E-state index in [0.717, 1.165) is 12.8 Å². The summed E-state index contributed by atoms with van der Waals surface area (Å²) >= 11 is 0. The zero-order valence-corrected chi connectivity index (χ0v) is 22.0. The number of halogens is 5. The van der Waals surface area contributed by atoms with Gasteiger partial charge in [-0.3, -0.25) is 9.59 Å². The van der Waals surface area contributed by atoms with E-state index in [0.29, 0.717) is 23.3 Å². The lowest BCUT2D eigenvalue weighted by Crippen LogP contribution is -2.40. The van der Waals surface area contributed by atoms with Crippen LogP contribution < -0.4 is 11.1 Å². The molecular weight excluding hydrogens is 521 g/mol. The Bertz CT molecular complexity index is 1260. The van der Waals surface area contributed by atoms with Gasteiger partial charge in [0.1, 0.15) is 0 Å². The third-order valence-electron chi connectivity index (χ3n) is 9.09. The predicted molar refractivity (Wildman–Crippen MR) is 132 cm³/mol. The normalized spacial score (nSPS) is 26.2. The van der Waals surface area contributed by atoms with Crippen LogP contribution >= 0.6 is 0 Å². The second-order valence-corrected chi connectivity index (χ2v) is 12.3. The number of carbonyl (C=O) groups excluding carboxylic acids is 2. The molecule has 12 heteroatoms. The highest BCUT2D eigenvalue weighted by molar-refractivity contribution is 5.86. The maximum atomic E-state index is 14.0. The van der Waals surface area contributed by atoms with Crippen molar-refractivity contribution in [3.05, 3.63) is 29.7 Å². The topological polar surface area (TPSA) is 102 Å². The molecular formula is C27H34F5N5O2. The van der Waals surface area contributed by atoms with E-state index >= 15 is 0 Å². The first-order valence-electron chi connectivity index (χ1n) is 13.5. The van der Waals surface area contributed by atoms with Crippen molar-refractivity contribution in [3.8, 4) is 0 Å². The number of amides is 2. The molecule has 3 fully saturated rings. The van der Waals surface area contributed by atoms with Gasteiger partial charge >= 0.3 is 6.18 Å². The number of nitrogens with two attached hydrogens (primary N) is 1. The number of alkyl halides is 5. The highest BCUT2D eigenvalue weighted by atomic mass is 19.4. The summed E-state index contributed by atoms with van der Waals surface area (Å²) in [6.07, 6.45) is -0.781. The molecule has 5 rings (SSSR count). The van der Waals surface area contributed by atoms with E-state index in [4.69, 9.17) is 10.7 Å². The highest BCUT2D eigenvalue weighted by Crippen LogP contribution is 2.72. The van der Waals surface area contributed by atoms with Crippen molar-refractivity contribution in [2.45, 2.75) is 95.7 Å². The number of nitrogens with one attached hydrogen (secondary N) is 1. The first-order chi connectivity index (χ1) is 18.1. The molecule has 2 aromatic rings. The Balaban J connectivity index is 1.45. The maximum Gasteiger partial charge on any atom is 0.389 e. The van der Waals surface area contributed by atoms with Crippen molar-refractivity contribution in [2.75, 3.05) is 0 Å². The van der Waals surface area contributed by atoms with Crippen LogP contribution in [0.25, 0.3) is 5.65 Å². The molecule has 7 nitrogen and oxygen atoms in total. The van der Waals surface area contributed by atoms with Gasteiger partial charge in [-0.1, -0.05) is 13.8 Å². The van der Waals surface area contributed by atoms with Gasteiger partial charge in [0.2, 0.25) is 17.7 Å². The molecule has 3 atom stereocenters. The summed E-state index contributed by atoms with van der Waals surface area (Å²) in [6, 6.07) is 1.25. The van der Waals surface area contributed by atoms with Crippen molar-refractivity contribution in [2.24, 2.45) is 28.4 Å². The van der Waals surface area contributed by atoms with E-state index < -0.39 is 59.5 Å². The number of fused-ring (bicyclic) bond motifs is 1. The summed E-state index contributed by atoms with van der Waals surface area (Å²) in [6.45, 7) is 3.91. The third-order valence-corrected chi connectivity index (χ3v) is 9.09. The second-order valence-electron chi connectivity index (χ2n) is 12.3. The molecule has 3 aliphatic carbocycles. The molecule has 3 saturated carbocycles. The minimum atomic E-state index is -4.41. The Kier molecular flexibility index (Phi) is 6.69. The van der Waals surface area contributed by atoms with Crippen molar-refractivity contribution in [1.29, 1.82) is 0 Å². The molecule has 214 valence electrons. The minimum Gasteiger partial charge on any atom is -0.369 e. The van der Waals surface area contributed by atoms with Gasteiger partial charge in [0.05, 0.1) is 36.0 Å². The van der Waals surface area contributed by atoms with Crippen LogP contribution in [0, 0.1) is 22.7 Å². The Labute approximate surface area is 223 Å². The van der Waals surface area contributed by atoms with E-state index in [1.807, 2.05) is 13.8 Å². The number of aromatic nitrogens is 3.